The van der Waals surface area contributed by atoms with Gasteiger partial charge in [-0.25, -0.2) is 0 Å². The van der Waals surface area contributed by atoms with Crippen LogP contribution in [0.15, 0.2) is 24.3 Å². The van der Waals surface area contributed by atoms with Gasteiger partial charge in [-0.15, -0.1) is 11.8 Å². The lowest BCUT2D eigenvalue weighted by molar-refractivity contribution is -0.115. The van der Waals surface area contributed by atoms with E-state index in [9.17, 15) is 4.79 Å². The Morgan fingerprint density at radius 2 is 2.00 bits per heavy atom. The molecule has 1 aromatic rings. The SMILES string of the molecule is CCCCSC(C)C(=O)Nc1ccc(C)cc1. The number of thioether (sulfide) groups is 1. The summed E-state index contributed by atoms with van der Waals surface area (Å²) in [6.45, 7) is 6.16. The van der Waals surface area contributed by atoms with E-state index < -0.39 is 0 Å². The molecule has 0 fully saturated rings. The zero-order valence-electron chi connectivity index (χ0n) is 10.8. The molecule has 0 saturated carbocycles. The number of hydrogen-bond acceptors (Lipinski definition) is 2. The maximum Gasteiger partial charge on any atom is 0.237 e. The highest BCUT2D eigenvalue weighted by atomic mass is 32.2. The van der Waals surface area contributed by atoms with Gasteiger partial charge in [0.2, 0.25) is 5.91 Å². The molecule has 2 nitrogen and oxygen atoms in total. The Morgan fingerprint density at radius 1 is 1.35 bits per heavy atom. The maximum absolute atomic E-state index is 11.9. The minimum atomic E-state index is 0.0165. The van der Waals surface area contributed by atoms with Crippen LogP contribution in [0, 0.1) is 6.92 Å². The molecule has 0 aromatic heterocycles. The van der Waals surface area contributed by atoms with Crippen molar-refractivity contribution < 1.29 is 4.79 Å². The zero-order chi connectivity index (χ0) is 12.7. The summed E-state index contributed by atoms with van der Waals surface area (Å²) in [6, 6.07) is 7.89. The molecule has 0 heterocycles. The molecule has 1 rings (SSSR count). The zero-order valence-corrected chi connectivity index (χ0v) is 11.6. The predicted molar refractivity (Wildman–Crippen MR) is 76.6 cm³/mol. The molecular weight excluding hydrogens is 230 g/mol. The second-order valence-corrected chi connectivity index (χ2v) is 5.67. The van der Waals surface area contributed by atoms with Gasteiger partial charge in [-0.2, -0.15) is 0 Å². The van der Waals surface area contributed by atoms with Crippen LogP contribution in [-0.4, -0.2) is 16.9 Å². The lowest BCUT2D eigenvalue weighted by Crippen LogP contribution is -2.22. The van der Waals surface area contributed by atoms with E-state index in [0.29, 0.717) is 0 Å². The minimum Gasteiger partial charge on any atom is -0.325 e. The standard InChI is InChI=1S/C14H21NOS/c1-4-5-10-17-12(3)14(16)15-13-8-6-11(2)7-9-13/h6-9,12H,4-5,10H2,1-3H3,(H,15,16). The van der Waals surface area contributed by atoms with E-state index in [4.69, 9.17) is 0 Å². The molecule has 1 aromatic carbocycles. The van der Waals surface area contributed by atoms with Crippen molar-refractivity contribution in [3.63, 3.8) is 0 Å². The predicted octanol–water partition coefficient (Wildman–Crippen LogP) is 3.86. The molecule has 0 radical (unpaired) electrons. The van der Waals surface area contributed by atoms with Crippen LogP contribution >= 0.6 is 11.8 Å². The number of carbonyl (C=O) groups is 1. The van der Waals surface area contributed by atoms with Gasteiger partial charge in [-0.3, -0.25) is 4.79 Å². The summed E-state index contributed by atoms with van der Waals surface area (Å²) < 4.78 is 0. The lowest BCUT2D eigenvalue weighted by Gasteiger charge is -2.11. The first-order chi connectivity index (χ1) is 8.13. The van der Waals surface area contributed by atoms with Crippen molar-refractivity contribution >= 4 is 23.4 Å². The molecule has 0 bridgehead atoms. The van der Waals surface area contributed by atoms with Crippen molar-refractivity contribution in [2.75, 3.05) is 11.1 Å². The molecular formula is C14H21NOS. The quantitative estimate of drug-likeness (QED) is 0.778. The number of aryl methyl sites for hydroxylation is 1. The Kier molecular flexibility index (Phi) is 6.12. The number of rotatable bonds is 6. The van der Waals surface area contributed by atoms with E-state index in [0.717, 1.165) is 11.4 Å². The van der Waals surface area contributed by atoms with Gasteiger partial charge in [-0.1, -0.05) is 31.0 Å². The Balaban J connectivity index is 2.40. The van der Waals surface area contributed by atoms with Crippen LogP contribution in [0.25, 0.3) is 0 Å². The van der Waals surface area contributed by atoms with Gasteiger partial charge in [0, 0.05) is 5.69 Å². The van der Waals surface area contributed by atoms with Gasteiger partial charge in [0.1, 0.15) is 0 Å². The summed E-state index contributed by atoms with van der Waals surface area (Å²) >= 11 is 1.72. The smallest absolute Gasteiger partial charge is 0.237 e. The van der Waals surface area contributed by atoms with Crippen LogP contribution in [0.4, 0.5) is 5.69 Å². The summed E-state index contributed by atoms with van der Waals surface area (Å²) in [5, 5.41) is 2.95. The highest BCUT2D eigenvalue weighted by molar-refractivity contribution is 8.00. The van der Waals surface area contributed by atoms with Crippen molar-refractivity contribution in [1.29, 1.82) is 0 Å². The molecule has 1 atom stereocenters. The van der Waals surface area contributed by atoms with Crippen molar-refractivity contribution in [3.05, 3.63) is 29.8 Å². The molecule has 94 valence electrons. The summed E-state index contributed by atoms with van der Waals surface area (Å²) in [5.74, 6) is 1.15. The van der Waals surface area contributed by atoms with E-state index in [2.05, 4.69) is 12.2 Å². The second-order valence-electron chi connectivity index (χ2n) is 4.22. The molecule has 17 heavy (non-hydrogen) atoms. The Bertz CT molecular complexity index is 348. The normalized spacial score (nSPS) is 12.2. The van der Waals surface area contributed by atoms with Gasteiger partial charge in [0.15, 0.2) is 0 Å². The summed E-state index contributed by atoms with van der Waals surface area (Å²) in [5.41, 5.74) is 2.08. The third-order valence-corrected chi connectivity index (χ3v) is 3.79. The lowest BCUT2D eigenvalue weighted by atomic mass is 10.2. The van der Waals surface area contributed by atoms with Gasteiger partial charge < -0.3 is 5.32 Å². The topological polar surface area (TPSA) is 29.1 Å². The van der Waals surface area contributed by atoms with Gasteiger partial charge >= 0.3 is 0 Å². The third kappa shape index (κ3) is 5.26. The number of benzene rings is 1. The average Bonchev–Trinajstić information content (AvgIpc) is 2.32. The molecule has 1 amide bonds. The van der Waals surface area contributed by atoms with Crippen LogP contribution < -0.4 is 5.32 Å². The number of anilines is 1. The monoisotopic (exact) mass is 251 g/mol. The van der Waals surface area contributed by atoms with E-state index in [-0.39, 0.29) is 11.2 Å². The number of nitrogens with one attached hydrogen (secondary N) is 1. The number of hydrogen-bond donors (Lipinski definition) is 1. The first kappa shape index (κ1) is 14.1. The summed E-state index contributed by atoms with van der Waals surface area (Å²) in [4.78, 5) is 11.9. The fourth-order valence-corrected chi connectivity index (χ4v) is 2.38. The second kappa shape index (κ2) is 7.38. The molecule has 0 spiro atoms. The minimum absolute atomic E-state index is 0.0165. The first-order valence-corrected chi connectivity index (χ1v) is 7.17. The van der Waals surface area contributed by atoms with Crippen molar-refractivity contribution in [1.82, 2.24) is 0 Å². The van der Waals surface area contributed by atoms with Crippen LogP contribution in [0.5, 0.6) is 0 Å². The third-order valence-electron chi connectivity index (χ3n) is 2.55. The largest absolute Gasteiger partial charge is 0.325 e. The molecule has 0 aliphatic rings. The Morgan fingerprint density at radius 3 is 2.59 bits per heavy atom. The van der Waals surface area contributed by atoms with E-state index >= 15 is 0 Å². The molecule has 0 aliphatic heterocycles. The first-order valence-electron chi connectivity index (χ1n) is 6.12. The van der Waals surface area contributed by atoms with Crippen molar-refractivity contribution in [2.24, 2.45) is 0 Å². The van der Waals surface area contributed by atoms with Crippen molar-refractivity contribution in [2.45, 2.75) is 38.9 Å². The van der Waals surface area contributed by atoms with Crippen LogP contribution in [0.3, 0.4) is 0 Å². The van der Waals surface area contributed by atoms with E-state index in [1.54, 1.807) is 11.8 Å². The van der Waals surface area contributed by atoms with Crippen molar-refractivity contribution in [3.8, 4) is 0 Å². The highest BCUT2D eigenvalue weighted by Crippen LogP contribution is 2.16. The van der Waals surface area contributed by atoms with Crippen LogP contribution in [-0.2, 0) is 4.79 Å². The van der Waals surface area contributed by atoms with Crippen LogP contribution in [0.1, 0.15) is 32.3 Å². The Hall–Kier alpha value is -0.960. The molecule has 0 saturated heterocycles. The highest BCUT2D eigenvalue weighted by Gasteiger charge is 2.12. The number of carbonyl (C=O) groups excluding carboxylic acids is 1. The fraction of sp³-hybridized carbons (Fsp3) is 0.500. The molecule has 1 N–H and O–H groups in total. The van der Waals surface area contributed by atoms with Gasteiger partial charge in [-0.05, 0) is 38.2 Å². The summed E-state index contributed by atoms with van der Waals surface area (Å²) in [6.07, 6.45) is 2.35. The van der Waals surface area contributed by atoms with E-state index in [1.807, 2.05) is 38.1 Å². The number of unbranched alkanes of at least 4 members (excludes halogenated alkanes) is 1. The molecule has 1 unspecified atom stereocenters. The Labute approximate surface area is 108 Å². The van der Waals surface area contributed by atoms with Crippen LogP contribution in [0.2, 0.25) is 0 Å². The average molecular weight is 251 g/mol. The summed E-state index contributed by atoms with van der Waals surface area (Å²) in [7, 11) is 0. The van der Waals surface area contributed by atoms with Gasteiger partial charge in [0.25, 0.3) is 0 Å². The fourth-order valence-electron chi connectivity index (χ4n) is 1.36. The molecule has 3 heteroatoms. The molecule has 0 aliphatic carbocycles. The maximum atomic E-state index is 11.9. The number of amides is 1. The van der Waals surface area contributed by atoms with E-state index in [1.165, 1.54) is 18.4 Å². The van der Waals surface area contributed by atoms with Gasteiger partial charge in [0.05, 0.1) is 5.25 Å².